The SMILES string of the molecule is CCCCN(CCCCN)C(=O)CN1C[C@H](c2ccc3c(c2)OCO3)[C@@H](C(=O)O)[C@@H]1CC(C)(C)CCC. The predicted octanol–water partition coefficient (Wildman–Crippen LogP) is 4.47. The molecule has 0 unspecified atom stereocenters. The van der Waals surface area contributed by atoms with Crippen LogP contribution in [0.5, 0.6) is 11.5 Å². The summed E-state index contributed by atoms with van der Waals surface area (Å²) in [7, 11) is 0. The first-order valence-corrected chi connectivity index (χ1v) is 14.0. The Bertz CT molecular complexity index is 906. The number of hydrogen-bond donors (Lipinski definition) is 2. The van der Waals surface area contributed by atoms with E-state index in [0.29, 0.717) is 31.1 Å². The van der Waals surface area contributed by atoms with Crippen molar-refractivity contribution < 1.29 is 24.2 Å². The van der Waals surface area contributed by atoms with Crippen LogP contribution in [0.4, 0.5) is 0 Å². The first-order chi connectivity index (χ1) is 17.7. The summed E-state index contributed by atoms with van der Waals surface area (Å²) in [5, 5.41) is 10.5. The molecule has 1 aromatic carbocycles. The average Bonchev–Trinajstić information content (AvgIpc) is 3.45. The maximum absolute atomic E-state index is 13.6. The number of fused-ring (bicyclic) bond motifs is 1. The summed E-state index contributed by atoms with van der Waals surface area (Å²) < 4.78 is 11.1. The number of amides is 1. The van der Waals surface area contributed by atoms with E-state index in [1.54, 1.807) is 0 Å². The summed E-state index contributed by atoms with van der Waals surface area (Å²) in [6, 6.07) is 5.51. The third-order valence-corrected chi connectivity index (χ3v) is 7.90. The molecule has 0 spiro atoms. The van der Waals surface area contributed by atoms with E-state index in [1.807, 2.05) is 23.1 Å². The Labute approximate surface area is 222 Å². The van der Waals surface area contributed by atoms with Crippen molar-refractivity contribution in [2.75, 3.05) is 39.5 Å². The van der Waals surface area contributed by atoms with Gasteiger partial charge in [0.2, 0.25) is 12.7 Å². The van der Waals surface area contributed by atoms with Gasteiger partial charge in [-0.3, -0.25) is 14.5 Å². The summed E-state index contributed by atoms with van der Waals surface area (Å²) >= 11 is 0. The molecule has 3 atom stereocenters. The predicted molar refractivity (Wildman–Crippen MR) is 145 cm³/mol. The molecular weight excluding hydrogens is 470 g/mol. The molecule has 0 radical (unpaired) electrons. The van der Waals surface area contributed by atoms with Gasteiger partial charge in [0.25, 0.3) is 0 Å². The van der Waals surface area contributed by atoms with Gasteiger partial charge in [-0.15, -0.1) is 0 Å². The highest BCUT2D eigenvalue weighted by molar-refractivity contribution is 5.79. The zero-order valence-electron chi connectivity index (χ0n) is 23.2. The Kier molecular flexibility index (Phi) is 10.6. The minimum Gasteiger partial charge on any atom is -0.481 e. The molecule has 0 bridgehead atoms. The number of ether oxygens (including phenoxy) is 2. The molecule has 2 heterocycles. The maximum atomic E-state index is 13.6. The highest BCUT2D eigenvalue weighted by Crippen LogP contribution is 2.45. The summed E-state index contributed by atoms with van der Waals surface area (Å²) in [6.45, 7) is 11.7. The Hall–Kier alpha value is -2.32. The number of benzene rings is 1. The lowest BCUT2D eigenvalue weighted by atomic mass is 9.76. The number of rotatable bonds is 15. The third-order valence-electron chi connectivity index (χ3n) is 7.90. The molecule has 0 aromatic heterocycles. The van der Waals surface area contributed by atoms with Crippen LogP contribution in [0.2, 0.25) is 0 Å². The van der Waals surface area contributed by atoms with Crippen molar-refractivity contribution in [1.29, 1.82) is 0 Å². The molecule has 8 heteroatoms. The second kappa shape index (κ2) is 13.5. The number of carboxylic acids is 1. The van der Waals surface area contributed by atoms with Crippen LogP contribution >= 0.6 is 0 Å². The van der Waals surface area contributed by atoms with Gasteiger partial charge in [0, 0.05) is 31.6 Å². The van der Waals surface area contributed by atoms with E-state index < -0.39 is 11.9 Å². The summed E-state index contributed by atoms with van der Waals surface area (Å²) in [5.41, 5.74) is 6.59. The van der Waals surface area contributed by atoms with Crippen LogP contribution in [0.1, 0.15) is 84.1 Å². The fraction of sp³-hybridized carbons (Fsp3) is 0.724. The van der Waals surface area contributed by atoms with E-state index in [1.165, 1.54) is 0 Å². The molecule has 0 saturated carbocycles. The van der Waals surface area contributed by atoms with Crippen molar-refractivity contribution >= 4 is 11.9 Å². The molecule has 1 saturated heterocycles. The first-order valence-electron chi connectivity index (χ1n) is 14.0. The minimum absolute atomic E-state index is 0.0266. The van der Waals surface area contributed by atoms with Crippen molar-refractivity contribution in [2.45, 2.75) is 84.6 Å². The van der Waals surface area contributed by atoms with E-state index in [2.05, 4.69) is 32.6 Å². The second-order valence-electron chi connectivity index (χ2n) is 11.4. The van der Waals surface area contributed by atoms with Crippen molar-refractivity contribution in [3.05, 3.63) is 23.8 Å². The van der Waals surface area contributed by atoms with Crippen LogP contribution in [0.3, 0.4) is 0 Å². The molecule has 208 valence electrons. The van der Waals surface area contributed by atoms with Crippen molar-refractivity contribution in [2.24, 2.45) is 17.1 Å². The maximum Gasteiger partial charge on any atom is 0.308 e. The van der Waals surface area contributed by atoms with E-state index in [4.69, 9.17) is 15.2 Å². The normalized spacial score (nSPS) is 21.4. The highest BCUT2D eigenvalue weighted by Gasteiger charge is 2.48. The van der Waals surface area contributed by atoms with E-state index in [9.17, 15) is 14.7 Å². The van der Waals surface area contributed by atoms with Gasteiger partial charge in [0.15, 0.2) is 11.5 Å². The van der Waals surface area contributed by atoms with Gasteiger partial charge in [-0.2, -0.15) is 0 Å². The molecule has 1 aromatic rings. The van der Waals surface area contributed by atoms with Crippen molar-refractivity contribution in [3.8, 4) is 11.5 Å². The van der Waals surface area contributed by atoms with Gasteiger partial charge >= 0.3 is 5.97 Å². The molecule has 2 aliphatic rings. The van der Waals surface area contributed by atoms with Crippen molar-refractivity contribution in [3.63, 3.8) is 0 Å². The standard InChI is InChI=1S/C29H47N3O5/c1-5-7-14-31(15-9-8-13-30)26(33)19-32-18-22(21-10-11-24-25(16-21)37-20-36-24)27(28(34)35)23(32)17-29(3,4)12-6-2/h10-11,16,22-23,27H,5-9,12-15,17-20,30H2,1-4H3,(H,34,35)/t22-,23+,27-/m1/s1. The Morgan fingerprint density at radius 1 is 1.11 bits per heavy atom. The van der Waals surface area contributed by atoms with E-state index in [0.717, 1.165) is 57.1 Å². The lowest BCUT2D eigenvalue weighted by Gasteiger charge is -2.35. The largest absolute Gasteiger partial charge is 0.481 e. The number of likely N-dealkylation sites (tertiary alicyclic amines) is 1. The van der Waals surface area contributed by atoms with Crippen LogP contribution in [-0.2, 0) is 9.59 Å². The number of carbonyl (C=O) groups is 2. The number of unbranched alkanes of at least 4 members (excludes halogenated alkanes) is 2. The van der Waals surface area contributed by atoms with Crippen LogP contribution in [0, 0.1) is 11.3 Å². The van der Waals surface area contributed by atoms with E-state index >= 15 is 0 Å². The van der Waals surface area contributed by atoms with Gasteiger partial charge in [0.1, 0.15) is 0 Å². The Balaban J connectivity index is 1.88. The number of carbonyl (C=O) groups excluding carboxylic acids is 1. The third kappa shape index (κ3) is 7.60. The number of nitrogens with two attached hydrogens (primary N) is 1. The topological polar surface area (TPSA) is 105 Å². The lowest BCUT2D eigenvalue weighted by Crippen LogP contribution is -2.46. The minimum atomic E-state index is -0.805. The Morgan fingerprint density at radius 2 is 1.84 bits per heavy atom. The fourth-order valence-electron chi connectivity index (χ4n) is 6.00. The molecule has 0 aliphatic carbocycles. The van der Waals surface area contributed by atoms with Crippen LogP contribution in [-0.4, -0.2) is 72.3 Å². The molecule has 3 N–H and O–H groups in total. The quantitative estimate of drug-likeness (QED) is 0.331. The molecule has 8 nitrogen and oxygen atoms in total. The highest BCUT2D eigenvalue weighted by atomic mass is 16.7. The number of nitrogens with zero attached hydrogens (tertiary/aromatic N) is 2. The lowest BCUT2D eigenvalue weighted by molar-refractivity contribution is -0.144. The smallest absolute Gasteiger partial charge is 0.308 e. The second-order valence-corrected chi connectivity index (χ2v) is 11.4. The zero-order chi connectivity index (χ0) is 27.0. The number of hydrogen-bond acceptors (Lipinski definition) is 6. The van der Waals surface area contributed by atoms with Crippen LogP contribution in [0.25, 0.3) is 0 Å². The van der Waals surface area contributed by atoms with Gasteiger partial charge in [-0.25, -0.2) is 0 Å². The van der Waals surface area contributed by atoms with Crippen LogP contribution < -0.4 is 15.2 Å². The first kappa shape index (κ1) is 29.2. The van der Waals surface area contributed by atoms with Crippen LogP contribution in [0.15, 0.2) is 18.2 Å². The van der Waals surface area contributed by atoms with E-state index in [-0.39, 0.29) is 36.6 Å². The molecule has 1 amide bonds. The molecule has 37 heavy (non-hydrogen) atoms. The summed E-state index contributed by atoms with van der Waals surface area (Å²) in [4.78, 5) is 30.4. The van der Waals surface area contributed by atoms with Gasteiger partial charge in [0.05, 0.1) is 12.5 Å². The Morgan fingerprint density at radius 3 is 2.51 bits per heavy atom. The monoisotopic (exact) mass is 517 g/mol. The molecular formula is C29H47N3O5. The number of carboxylic acid groups (broad SMARTS) is 1. The summed E-state index contributed by atoms with van der Waals surface area (Å²) in [5.74, 6) is -0.218. The number of aliphatic carboxylic acids is 1. The average molecular weight is 518 g/mol. The molecule has 2 aliphatic heterocycles. The fourth-order valence-corrected chi connectivity index (χ4v) is 6.00. The zero-order valence-corrected chi connectivity index (χ0v) is 23.2. The van der Waals surface area contributed by atoms with Gasteiger partial charge in [-0.05, 0) is 61.8 Å². The molecule has 1 fully saturated rings. The molecule has 3 rings (SSSR count). The van der Waals surface area contributed by atoms with Gasteiger partial charge in [-0.1, -0.05) is 46.6 Å². The van der Waals surface area contributed by atoms with Gasteiger partial charge < -0.3 is 25.2 Å². The summed E-state index contributed by atoms with van der Waals surface area (Å²) in [6.07, 6.45) is 6.53. The van der Waals surface area contributed by atoms with Crippen molar-refractivity contribution in [1.82, 2.24) is 9.80 Å².